The lowest BCUT2D eigenvalue weighted by Gasteiger charge is -2.33. The second-order valence-electron chi connectivity index (χ2n) is 5.41. The third-order valence-electron chi connectivity index (χ3n) is 3.76. The maximum Gasteiger partial charge on any atom is 0.155 e. The lowest BCUT2D eigenvalue weighted by Crippen LogP contribution is -2.46. The Morgan fingerprint density at radius 2 is 1.87 bits per heavy atom. The van der Waals surface area contributed by atoms with Gasteiger partial charge < -0.3 is 5.32 Å². The van der Waals surface area contributed by atoms with Gasteiger partial charge in [0.2, 0.25) is 0 Å². The van der Waals surface area contributed by atoms with Crippen molar-refractivity contribution in [1.82, 2.24) is 5.32 Å². The summed E-state index contributed by atoms with van der Waals surface area (Å²) in [6.07, 6.45) is 3.04. The molecule has 1 saturated heterocycles. The number of nitrogens with one attached hydrogen (secondary N) is 1. The molecule has 3 nitrogen and oxygen atoms in total. The van der Waals surface area contributed by atoms with Gasteiger partial charge >= 0.3 is 0 Å². The van der Waals surface area contributed by atoms with Crippen LogP contribution in [-0.4, -0.2) is 32.0 Å². The first-order valence-electron chi connectivity index (χ1n) is 5.94. The molecule has 0 spiro atoms. The highest BCUT2D eigenvalue weighted by Gasteiger charge is 2.40. The summed E-state index contributed by atoms with van der Waals surface area (Å²) in [5.41, 5.74) is 0. The van der Waals surface area contributed by atoms with Gasteiger partial charge in [0, 0.05) is 6.04 Å². The third-order valence-corrected chi connectivity index (χ3v) is 6.24. The zero-order valence-electron chi connectivity index (χ0n) is 9.57. The van der Waals surface area contributed by atoms with E-state index in [9.17, 15) is 8.42 Å². The minimum absolute atomic E-state index is 0.119. The molecule has 88 valence electrons. The van der Waals surface area contributed by atoms with Gasteiger partial charge in [-0.3, -0.25) is 0 Å². The van der Waals surface area contributed by atoms with Crippen molar-refractivity contribution in [1.29, 1.82) is 0 Å². The third kappa shape index (κ3) is 2.36. The van der Waals surface area contributed by atoms with Crippen molar-refractivity contribution in [2.75, 3.05) is 12.3 Å². The van der Waals surface area contributed by atoms with Crippen molar-refractivity contribution in [2.24, 2.45) is 11.8 Å². The van der Waals surface area contributed by atoms with Crippen LogP contribution in [0.5, 0.6) is 0 Å². The molecule has 4 atom stereocenters. The van der Waals surface area contributed by atoms with E-state index in [1.54, 1.807) is 0 Å². The average Bonchev–Trinajstić information content (AvgIpc) is 2.24. The Morgan fingerprint density at radius 1 is 1.13 bits per heavy atom. The molecule has 1 aliphatic heterocycles. The molecule has 4 heteroatoms. The standard InChI is InChI=1S/C11H21NO2S/c1-8-3-4-10-11(5-8)15(13,14)7-9(2)6-12-10/h8-12H,3-7H2,1-2H3. The molecule has 0 bridgehead atoms. The predicted octanol–water partition coefficient (Wildman–Crippen LogP) is 1.20. The van der Waals surface area contributed by atoms with Gasteiger partial charge in [-0.05, 0) is 37.6 Å². The van der Waals surface area contributed by atoms with Crippen LogP contribution in [0.2, 0.25) is 0 Å². The van der Waals surface area contributed by atoms with E-state index in [0.29, 0.717) is 11.7 Å². The Morgan fingerprint density at radius 3 is 2.60 bits per heavy atom. The summed E-state index contributed by atoms with van der Waals surface area (Å²) in [5.74, 6) is 1.19. The molecule has 0 aromatic carbocycles. The molecule has 1 saturated carbocycles. The highest BCUT2D eigenvalue weighted by molar-refractivity contribution is 7.92. The quantitative estimate of drug-likeness (QED) is 0.681. The largest absolute Gasteiger partial charge is 0.312 e. The van der Waals surface area contributed by atoms with Crippen LogP contribution >= 0.6 is 0 Å². The van der Waals surface area contributed by atoms with Gasteiger partial charge in [-0.2, -0.15) is 0 Å². The van der Waals surface area contributed by atoms with Crippen LogP contribution < -0.4 is 5.32 Å². The molecule has 0 amide bonds. The highest BCUT2D eigenvalue weighted by Crippen LogP contribution is 2.31. The first-order chi connectivity index (χ1) is 6.99. The second-order valence-corrected chi connectivity index (χ2v) is 7.67. The summed E-state index contributed by atoms with van der Waals surface area (Å²) < 4.78 is 24.3. The molecule has 1 N–H and O–H groups in total. The summed E-state index contributed by atoms with van der Waals surface area (Å²) in [6, 6.07) is 0.219. The van der Waals surface area contributed by atoms with Gasteiger partial charge in [-0.1, -0.05) is 13.8 Å². The number of fused-ring (bicyclic) bond motifs is 1. The van der Waals surface area contributed by atoms with E-state index in [4.69, 9.17) is 0 Å². The smallest absolute Gasteiger partial charge is 0.155 e. The number of hydrogen-bond acceptors (Lipinski definition) is 3. The summed E-state index contributed by atoms with van der Waals surface area (Å²) in [4.78, 5) is 0. The lowest BCUT2D eigenvalue weighted by atomic mass is 9.87. The van der Waals surface area contributed by atoms with Crippen LogP contribution in [0.15, 0.2) is 0 Å². The number of sulfone groups is 1. The maximum absolute atomic E-state index is 12.2. The van der Waals surface area contributed by atoms with Crippen molar-refractivity contribution < 1.29 is 8.42 Å². The second kappa shape index (κ2) is 4.06. The molecule has 2 rings (SSSR count). The van der Waals surface area contributed by atoms with Crippen LogP contribution in [0.1, 0.15) is 33.1 Å². The molecular formula is C11H21NO2S. The first kappa shape index (κ1) is 11.4. The fraction of sp³-hybridized carbons (Fsp3) is 1.00. The maximum atomic E-state index is 12.2. The summed E-state index contributed by atoms with van der Waals surface area (Å²) in [7, 11) is -2.86. The van der Waals surface area contributed by atoms with Crippen molar-refractivity contribution >= 4 is 9.84 Å². The van der Waals surface area contributed by atoms with Gasteiger partial charge in [0.15, 0.2) is 9.84 Å². The first-order valence-corrected chi connectivity index (χ1v) is 7.65. The van der Waals surface area contributed by atoms with E-state index in [2.05, 4.69) is 12.2 Å². The van der Waals surface area contributed by atoms with E-state index in [0.717, 1.165) is 25.8 Å². The van der Waals surface area contributed by atoms with Gasteiger partial charge in [0.1, 0.15) is 0 Å². The zero-order chi connectivity index (χ0) is 11.1. The van der Waals surface area contributed by atoms with Gasteiger partial charge in [0.05, 0.1) is 11.0 Å². The van der Waals surface area contributed by atoms with Gasteiger partial charge in [-0.15, -0.1) is 0 Å². The SMILES string of the molecule is CC1CCC2NCC(C)CS(=O)(=O)C2C1. The molecule has 2 fully saturated rings. The summed E-state index contributed by atoms with van der Waals surface area (Å²) >= 11 is 0. The zero-order valence-corrected chi connectivity index (χ0v) is 10.4. The Balaban J connectivity index is 2.23. The van der Waals surface area contributed by atoms with Crippen molar-refractivity contribution in [3.05, 3.63) is 0 Å². The minimum atomic E-state index is -2.86. The Hall–Kier alpha value is -0.0900. The molecular weight excluding hydrogens is 210 g/mol. The Labute approximate surface area is 92.6 Å². The fourth-order valence-electron chi connectivity index (χ4n) is 2.89. The Bertz CT molecular complexity index is 325. The monoisotopic (exact) mass is 231 g/mol. The van der Waals surface area contributed by atoms with E-state index < -0.39 is 9.84 Å². The van der Waals surface area contributed by atoms with Crippen LogP contribution in [-0.2, 0) is 9.84 Å². The summed E-state index contributed by atoms with van der Waals surface area (Å²) in [6.45, 7) is 5.04. The molecule has 0 aromatic heterocycles. The van der Waals surface area contributed by atoms with Crippen LogP contribution in [0.3, 0.4) is 0 Å². The predicted molar refractivity (Wildman–Crippen MR) is 61.5 cm³/mol. The number of rotatable bonds is 0. The van der Waals surface area contributed by atoms with Crippen LogP contribution in [0, 0.1) is 11.8 Å². The fourth-order valence-corrected chi connectivity index (χ4v) is 5.40. The normalized spacial score (nSPS) is 45.5. The summed E-state index contributed by atoms with van der Waals surface area (Å²) in [5, 5.41) is 3.31. The molecule has 15 heavy (non-hydrogen) atoms. The van der Waals surface area contributed by atoms with Gasteiger partial charge in [0.25, 0.3) is 0 Å². The van der Waals surface area contributed by atoms with Crippen molar-refractivity contribution in [2.45, 2.75) is 44.4 Å². The van der Waals surface area contributed by atoms with Crippen LogP contribution in [0.4, 0.5) is 0 Å². The molecule has 1 aliphatic carbocycles. The lowest BCUT2D eigenvalue weighted by molar-refractivity contribution is 0.310. The van der Waals surface area contributed by atoms with E-state index in [1.165, 1.54) is 0 Å². The topological polar surface area (TPSA) is 46.2 Å². The number of hydrogen-bond donors (Lipinski definition) is 1. The molecule has 0 aromatic rings. The minimum Gasteiger partial charge on any atom is -0.312 e. The van der Waals surface area contributed by atoms with Gasteiger partial charge in [-0.25, -0.2) is 8.42 Å². The van der Waals surface area contributed by atoms with E-state index >= 15 is 0 Å². The molecule has 2 aliphatic rings. The highest BCUT2D eigenvalue weighted by atomic mass is 32.2. The van der Waals surface area contributed by atoms with Crippen LogP contribution in [0.25, 0.3) is 0 Å². The molecule has 4 unspecified atom stereocenters. The molecule has 1 heterocycles. The van der Waals surface area contributed by atoms with E-state index in [-0.39, 0.29) is 17.2 Å². The van der Waals surface area contributed by atoms with Crippen molar-refractivity contribution in [3.8, 4) is 0 Å². The molecule has 0 radical (unpaired) electrons. The average molecular weight is 231 g/mol. The van der Waals surface area contributed by atoms with Crippen molar-refractivity contribution in [3.63, 3.8) is 0 Å². The van der Waals surface area contributed by atoms with E-state index in [1.807, 2.05) is 6.92 Å². The Kier molecular flexibility index (Phi) is 3.08.